The number of benzene rings is 1. The first-order chi connectivity index (χ1) is 13.5. The van der Waals surface area contributed by atoms with Crippen molar-refractivity contribution in [3.05, 3.63) is 81.1 Å². The highest BCUT2D eigenvalue weighted by Crippen LogP contribution is 2.34. The maximum atomic E-state index is 12.6. The quantitative estimate of drug-likeness (QED) is 0.523. The normalized spacial score (nSPS) is 10.9. The van der Waals surface area contributed by atoms with Crippen LogP contribution in [0.4, 0.5) is 5.82 Å². The summed E-state index contributed by atoms with van der Waals surface area (Å²) in [6, 6.07) is 8.63. The van der Waals surface area contributed by atoms with E-state index in [1.54, 1.807) is 42.9 Å². The Bertz CT molecular complexity index is 1230. The number of fused-ring (bicyclic) bond motifs is 1. The zero-order valence-corrected chi connectivity index (χ0v) is 15.6. The number of aryl methyl sites for hydroxylation is 1. The van der Waals surface area contributed by atoms with Crippen molar-refractivity contribution >= 4 is 28.4 Å². The van der Waals surface area contributed by atoms with Crippen LogP contribution in [0.2, 0.25) is 5.02 Å². The molecule has 0 aliphatic rings. The Labute approximate surface area is 164 Å². The highest BCUT2D eigenvalue weighted by atomic mass is 35.5. The lowest BCUT2D eigenvalue weighted by Crippen LogP contribution is -2.11. The molecule has 0 saturated heterocycles. The Morgan fingerprint density at radius 1 is 1.14 bits per heavy atom. The first kappa shape index (κ1) is 17.9. The number of nitrogens with zero attached hydrogens (tertiary/aromatic N) is 3. The van der Waals surface area contributed by atoms with Gasteiger partial charge in [-0.05, 0) is 42.3 Å². The second kappa shape index (κ2) is 7.28. The Balaban J connectivity index is 1.77. The van der Waals surface area contributed by atoms with Gasteiger partial charge in [0.25, 0.3) is 0 Å². The highest BCUT2D eigenvalue weighted by molar-refractivity contribution is 6.32. The van der Waals surface area contributed by atoms with Gasteiger partial charge in [-0.1, -0.05) is 11.6 Å². The number of hydrogen-bond acceptors (Lipinski definition) is 7. The van der Waals surface area contributed by atoms with Crippen molar-refractivity contribution in [3.8, 4) is 11.8 Å². The number of hydrogen-bond donors (Lipinski definition) is 1. The van der Waals surface area contributed by atoms with Crippen LogP contribution in [-0.4, -0.2) is 15.0 Å². The number of nitrogens with two attached hydrogens (primary N) is 1. The largest absolute Gasteiger partial charge is 0.423 e. The molecule has 0 spiro atoms. The zero-order valence-electron chi connectivity index (χ0n) is 14.8. The van der Waals surface area contributed by atoms with Crippen LogP contribution in [0.1, 0.15) is 16.7 Å². The molecule has 7 nitrogen and oxygen atoms in total. The zero-order chi connectivity index (χ0) is 19.7. The molecule has 4 aromatic rings. The Hall–Kier alpha value is -3.45. The molecule has 3 aromatic heterocycles. The molecule has 1 aromatic carbocycles. The van der Waals surface area contributed by atoms with Crippen LogP contribution in [-0.2, 0) is 6.42 Å². The van der Waals surface area contributed by atoms with Crippen LogP contribution in [0.5, 0.6) is 11.8 Å². The molecule has 0 radical (unpaired) electrons. The minimum Gasteiger partial charge on any atom is -0.423 e. The molecule has 0 atom stereocenters. The Morgan fingerprint density at radius 2 is 1.93 bits per heavy atom. The van der Waals surface area contributed by atoms with Gasteiger partial charge < -0.3 is 14.9 Å². The molecule has 0 aliphatic carbocycles. The molecule has 0 bridgehead atoms. The lowest BCUT2D eigenvalue weighted by Gasteiger charge is -2.11. The van der Waals surface area contributed by atoms with Gasteiger partial charge in [-0.15, -0.1) is 0 Å². The van der Waals surface area contributed by atoms with E-state index in [4.69, 9.17) is 26.5 Å². The number of aromatic nitrogens is 3. The van der Waals surface area contributed by atoms with Crippen molar-refractivity contribution in [2.24, 2.45) is 0 Å². The summed E-state index contributed by atoms with van der Waals surface area (Å²) in [6.07, 6.45) is 5.10. The van der Waals surface area contributed by atoms with E-state index in [0.717, 1.165) is 16.5 Å². The van der Waals surface area contributed by atoms with Gasteiger partial charge in [-0.3, -0.25) is 0 Å². The average molecular weight is 395 g/mol. The predicted octanol–water partition coefficient (Wildman–Crippen LogP) is 3.91. The van der Waals surface area contributed by atoms with Gasteiger partial charge in [-0.2, -0.15) is 0 Å². The maximum absolute atomic E-state index is 12.6. The van der Waals surface area contributed by atoms with Crippen LogP contribution in [0.3, 0.4) is 0 Å². The summed E-state index contributed by atoms with van der Waals surface area (Å²) in [7, 11) is 0. The first-order valence-electron chi connectivity index (χ1n) is 8.42. The van der Waals surface area contributed by atoms with Gasteiger partial charge in [0.2, 0.25) is 0 Å². The van der Waals surface area contributed by atoms with Crippen molar-refractivity contribution < 1.29 is 9.15 Å². The van der Waals surface area contributed by atoms with Gasteiger partial charge in [0, 0.05) is 42.0 Å². The minimum atomic E-state index is -0.426. The highest BCUT2D eigenvalue weighted by Gasteiger charge is 2.16. The van der Waals surface area contributed by atoms with Crippen molar-refractivity contribution in [2.45, 2.75) is 13.3 Å². The molecule has 3 heterocycles. The van der Waals surface area contributed by atoms with Crippen LogP contribution in [0.25, 0.3) is 11.0 Å². The molecule has 0 saturated carbocycles. The summed E-state index contributed by atoms with van der Waals surface area (Å²) in [6.45, 7) is 1.86. The smallest absolute Gasteiger partial charge is 0.340 e. The molecule has 0 fully saturated rings. The van der Waals surface area contributed by atoms with E-state index in [1.807, 2.05) is 13.0 Å². The second-order valence-electron chi connectivity index (χ2n) is 6.17. The average Bonchev–Trinajstić information content (AvgIpc) is 2.68. The van der Waals surface area contributed by atoms with Crippen molar-refractivity contribution in [2.75, 3.05) is 5.73 Å². The number of halogens is 1. The lowest BCUT2D eigenvalue weighted by atomic mass is 10.00. The van der Waals surface area contributed by atoms with Crippen LogP contribution in [0.15, 0.2) is 58.1 Å². The third-order valence-corrected chi connectivity index (χ3v) is 4.60. The standard InChI is InChI=1S/C20H15ClN4O3/c1-11-13-9-15(21)17(28-20-24-4-2-5-25-20)10-16(13)27-19(26)14(11)7-12-3-6-23-18(22)8-12/h2-6,8-10H,7H2,1H3,(H2,22,23). The van der Waals surface area contributed by atoms with Gasteiger partial charge in [-0.25, -0.2) is 19.7 Å². The Morgan fingerprint density at radius 3 is 2.68 bits per heavy atom. The molecular weight excluding hydrogens is 380 g/mol. The van der Waals surface area contributed by atoms with E-state index in [0.29, 0.717) is 34.2 Å². The minimum absolute atomic E-state index is 0.148. The molecular formula is C20H15ClN4O3. The second-order valence-corrected chi connectivity index (χ2v) is 6.58. The van der Waals surface area contributed by atoms with E-state index in [2.05, 4.69) is 15.0 Å². The van der Waals surface area contributed by atoms with E-state index in [9.17, 15) is 4.79 Å². The molecule has 0 amide bonds. The van der Waals surface area contributed by atoms with E-state index in [-0.39, 0.29) is 6.01 Å². The van der Waals surface area contributed by atoms with Crippen LogP contribution >= 0.6 is 11.6 Å². The van der Waals surface area contributed by atoms with E-state index < -0.39 is 5.63 Å². The number of anilines is 1. The fraction of sp³-hybridized carbons (Fsp3) is 0.100. The summed E-state index contributed by atoms with van der Waals surface area (Å²) < 4.78 is 11.1. The number of ether oxygens (including phenoxy) is 1. The summed E-state index contributed by atoms with van der Waals surface area (Å²) in [4.78, 5) is 24.5. The summed E-state index contributed by atoms with van der Waals surface area (Å²) in [5.41, 5.74) is 7.86. The fourth-order valence-electron chi connectivity index (χ4n) is 2.92. The van der Waals surface area contributed by atoms with Gasteiger partial charge in [0.15, 0.2) is 5.75 Å². The molecule has 2 N–H and O–H groups in total. The van der Waals surface area contributed by atoms with Gasteiger partial charge >= 0.3 is 11.6 Å². The van der Waals surface area contributed by atoms with Crippen LogP contribution < -0.4 is 16.1 Å². The van der Waals surface area contributed by atoms with Crippen LogP contribution in [0, 0.1) is 6.92 Å². The monoisotopic (exact) mass is 394 g/mol. The summed E-state index contributed by atoms with van der Waals surface area (Å²) >= 11 is 6.37. The van der Waals surface area contributed by atoms with E-state index in [1.165, 1.54) is 0 Å². The lowest BCUT2D eigenvalue weighted by molar-refractivity contribution is 0.441. The number of rotatable bonds is 4. The molecule has 28 heavy (non-hydrogen) atoms. The fourth-order valence-corrected chi connectivity index (χ4v) is 3.12. The van der Waals surface area contributed by atoms with Crippen molar-refractivity contribution in [1.29, 1.82) is 0 Å². The third kappa shape index (κ3) is 3.52. The van der Waals surface area contributed by atoms with E-state index >= 15 is 0 Å². The number of nitrogen functional groups attached to an aromatic ring is 1. The van der Waals surface area contributed by atoms with Gasteiger partial charge in [0.1, 0.15) is 11.4 Å². The molecule has 8 heteroatoms. The van der Waals surface area contributed by atoms with Crippen molar-refractivity contribution in [1.82, 2.24) is 15.0 Å². The maximum Gasteiger partial charge on any atom is 0.340 e. The molecule has 0 unspecified atom stereocenters. The number of pyridine rings is 1. The van der Waals surface area contributed by atoms with Crippen molar-refractivity contribution in [3.63, 3.8) is 0 Å². The molecule has 0 aliphatic heterocycles. The SMILES string of the molecule is Cc1c(Cc2ccnc(N)c2)c(=O)oc2cc(Oc3ncccn3)c(Cl)cc12. The summed E-state index contributed by atoms with van der Waals surface area (Å²) in [5, 5.41) is 1.08. The molecule has 140 valence electrons. The first-order valence-corrected chi connectivity index (χ1v) is 8.80. The molecule has 4 rings (SSSR count). The third-order valence-electron chi connectivity index (χ3n) is 4.31. The Kier molecular flexibility index (Phi) is 4.67. The van der Waals surface area contributed by atoms with Gasteiger partial charge in [0.05, 0.1) is 5.02 Å². The summed E-state index contributed by atoms with van der Waals surface area (Å²) in [5.74, 6) is 0.700. The topological polar surface area (TPSA) is 104 Å². The predicted molar refractivity (Wildman–Crippen MR) is 106 cm³/mol.